The van der Waals surface area contributed by atoms with Crippen LogP contribution in [-0.2, 0) is 37.0 Å². The van der Waals surface area contributed by atoms with E-state index in [1.165, 1.54) is 12.0 Å². The van der Waals surface area contributed by atoms with Crippen molar-refractivity contribution in [3.8, 4) is 0 Å². The SMILES string of the molecule is COC(=O)[C@H](CCOCc1ccccc1)NCCN(CCC(=O)O)C(=O)OCc1ccccc1.Cl. The van der Waals surface area contributed by atoms with Gasteiger partial charge in [-0.05, 0) is 17.5 Å². The lowest BCUT2D eigenvalue weighted by atomic mass is 10.2. The number of hydrogen-bond donors (Lipinski definition) is 2. The summed E-state index contributed by atoms with van der Waals surface area (Å²) in [7, 11) is 1.31. The molecule has 9 nitrogen and oxygen atoms in total. The number of ether oxygens (including phenoxy) is 3. The van der Waals surface area contributed by atoms with E-state index >= 15 is 0 Å². The lowest BCUT2D eigenvalue weighted by Gasteiger charge is -2.23. The summed E-state index contributed by atoms with van der Waals surface area (Å²) in [6.07, 6.45) is -0.450. The Morgan fingerprint density at radius 1 is 0.943 bits per heavy atom. The first-order valence-corrected chi connectivity index (χ1v) is 11.1. The van der Waals surface area contributed by atoms with Crippen molar-refractivity contribution in [3.63, 3.8) is 0 Å². The second kappa shape index (κ2) is 17.3. The number of methoxy groups -OCH3 is 1. The predicted molar refractivity (Wildman–Crippen MR) is 132 cm³/mol. The van der Waals surface area contributed by atoms with E-state index in [9.17, 15) is 14.4 Å². The minimum Gasteiger partial charge on any atom is -0.481 e. The molecule has 0 bridgehead atoms. The number of esters is 1. The van der Waals surface area contributed by atoms with Gasteiger partial charge in [-0.1, -0.05) is 60.7 Å². The first-order valence-electron chi connectivity index (χ1n) is 11.1. The zero-order chi connectivity index (χ0) is 24.6. The van der Waals surface area contributed by atoms with Crippen LogP contribution in [0, 0.1) is 0 Å². The zero-order valence-electron chi connectivity index (χ0n) is 19.8. The van der Waals surface area contributed by atoms with Crippen molar-refractivity contribution in [2.75, 3.05) is 33.4 Å². The van der Waals surface area contributed by atoms with Gasteiger partial charge in [0.25, 0.3) is 0 Å². The average Bonchev–Trinajstić information content (AvgIpc) is 2.86. The minimum atomic E-state index is -1.02. The van der Waals surface area contributed by atoms with Crippen LogP contribution in [-0.4, -0.2) is 67.4 Å². The quantitative estimate of drug-likeness (QED) is 0.278. The molecule has 1 atom stereocenters. The molecule has 0 unspecified atom stereocenters. The molecule has 0 spiro atoms. The highest BCUT2D eigenvalue weighted by atomic mass is 35.5. The number of rotatable bonds is 15. The molecule has 1 amide bonds. The number of nitrogens with zero attached hydrogens (tertiary/aromatic N) is 1. The molecule has 2 aromatic rings. The number of amides is 1. The Morgan fingerprint density at radius 3 is 2.11 bits per heavy atom. The molecule has 10 heteroatoms. The fourth-order valence-electron chi connectivity index (χ4n) is 3.12. The van der Waals surface area contributed by atoms with Crippen LogP contribution in [0.2, 0.25) is 0 Å². The Labute approximate surface area is 211 Å². The van der Waals surface area contributed by atoms with E-state index in [1.54, 1.807) is 0 Å². The van der Waals surface area contributed by atoms with Crippen LogP contribution < -0.4 is 5.32 Å². The molecular weight excluding hydrogens is 476 g/mol. The number of carboxylic acids is 1. The van der Waals surface area contributed by atoms with Gasteiger partial charge in [-0.25, -0.2) is 4.79 Å². The van der Waals surface area contributed by atoms with Crippen LogP contribution in [0.5, 0.6) is 0 Å². The summed E-state index contributed by atoms with van der Waals surface area (Å²) in [5.74, 6) is -1.45. The predicted octanol–water partition coefficient (Wildman–Crippen LogP) is 3.26. The van der Waals surface area contributed by atoms with Gasteiger partial charge in [0.2, 0.25) is 0 Å². The average molecular weight is 509 g/mol. The number of aliphatic carboxylic acids is 1. The second-order valence-corrected chi connectivity index (χ2v) is 7.53. The summed E-state index contributed by atoms with van der Waals surface area (Å²) < 4.78 is 15.8. The van der Waals surface area contributed by atoms with E-state index < -0.39 is 24.1 Å². The zero-order valence-corrected chi connectivity index (χ0v) is 20.6. The van der Waals surface area contributed by atoms with Crippen LogP contribution in [0.3, 0.4) is 0 Å². The largest absolute Gasteiger partial charge is 0.481 e. The first kappa shape index (κ1) is 29.9. The summed E-state index contributed by atoms with van der Waals surface area (Å²) in [5.41, 5.74) is 1.86. The topological polar surface area (TPSA) is 114 Å². The summed E-state index contributed by atoms with van der Waals surface area (Å²) in [4.78, 5) is 37.0. The maximum absolute atomic E-state index is 12.5. The first-order chi connectivity index (χ1) is 16.5. The van der Waals surface area contributed by atoms with Crippen molar-refractivity contribution in [1.82, 2.24) is 10.2 Å². The Bertz CT molecular complexity index is 884. The fourth-order valence-corrected chi connectivity index (χ4v) is 3.12. The third-order valence-electron chi connectivity index (χ3n) is 4.98. The van der Waals surface area contributed by atoms with E-state index in [2.05, 4.69) is 5.32 Å². The fraction of sp³-hybridized carbons (Fsp3) is 0.400. The van der Waals surface area contributed by atoms with Crippen molar-refractivity contribution >= 4 is 30.4 Å². The molecule has 0 heterocycles. The maximum Gasteiger partial charge on any atom is 0.410 e. The second-order valence-electron chi connectivity index (χ2n) is 7.53. The van der Waals surface area contributed by atoms with Crippen LogP contribution in [0.1, 0.15) is 24.0 Å². The van der Waals surface area contributed by atoms with Crippen molar-refractivity contribution in [2.24, 2.45) is 0 Å². The standard InChI is InChI=1S/C25H32N2O7.ClH/c1-32-24(30)22(13-17-33-18-20-8-4-2-5-9-20)26-14-16-27(15-12-23(28)29)25(31)34-19-21-10-6-3-7-11-21;/h2-11,22,26H,12-19H2,1H3,(H,28,29);1H/t22-;/m0./s1. The van der Waals surface area contributed by atoms with Crippen LogP contribution in [0.4, 0.5) is 4.79 Å². The van der Waals surface area contributed by atoms with Gasteiger partial charge in [-0.15, -0.1) is 12.4 Å². The van der Waals surface area contributed by atoms with Crippen LogP contribution >= 0.6 is 12.4 Å². The Balaban J connectivity index is 0.00000612. The highest BCUT2D eigenvalue weighted by Gasteiger charge is 2.21. The third-order valence-corrected chi connectivity index (χ3v) is 4.98. The van der Waals surface area contributed by atoms with E-state index in [1.807, 2.05) is 60.7 Å². The van der Waals surface area contributed by atoms with Gasteiger partial charge >= 0.3 is 18.0 Å². The monoisotopic (exact) mass is 508 g/mol. The highest BCUT2D eigenvalue weighted by molar-refractivity contribution is 5.85. The van der Waals surface area contributed by atoms with E-state index in [-0.39, 0.29) is 45.1 Å². The molecule has 0 aliphatic rings. The Kier molecular flexibility index (Phi) is 14.8. The molecule has 2 rings (SSSR count). The molecular formula is C25H33ClN2O7. The van der Waals surface area contributed by atoms with E-state index in [0.29, 0.717) is 19.6 Å². The van der Waals surface area contributed by atoms with Crippen molar-refractivity contribution < 1.29 is 33.7 Å². The van der Waals surface area contributed by atoms with E-state index in [4.69, 9.17) is 19.3 Å². The molecule has 0 aliphatic heterocycles. The molecule has 0 aromatic heterocycles. The number of nitrogens with one attached hydrogen (secondary N) is 1. The summed E-state index contributed by atoms with van der Waals surface area (Å²) in [6.45, 7) is 1.26. The molecule has 2 aromatic carbocycles. The van der Waals surface area contributed by atoms with Crippen molar-refractivity contribution in [2.45, 2.75) is 32.1 Å². The summed E-state index contributed by atoms with van der Waals surface area (Å²) >= 11 is 0. The van der Waals surface area contributed by atoms with Crippen LogP contribution in [0.15, 0.2) is 60.7 Å². The normalized spacial score (nSPS) is 11.1. The number of carbonyl (C=O) groups excluding carboxylic acids is 2. The lowest BCUT2D eigenvalue weighted by Crippen LogP contribution is -2.44. The maximum atomic E-state index is 12.5. The van der Waals surface area contributed by atoms with Gasteiger partial charge in [-0.3, -0.25) is 9.59 Å². The lowest BCUT2D eigenvalue weighted by molar-refractivity contribution is -0.143. The van der Waals surface area contributed by atoms with Crippen molar-refractivity contribution in [1.29, 1.82) is 0 Å². The van der Waals surface area contributed by atoms with E-state index in [0.717, 1.165) is 11.1 Å². The highest BCUT2D eigenvalue weighted by Crippen LogP contribution is 2.05. The number of halogens is 1. The molecule has 0 aliphatic carbocycles. The number of hydrogen-bond acceptors (Lipinski definition) is 7. The minimum absolute atomic E-state index is 0. The molecule has 2 N–H and O–H groups in total. The van der Waals surface area contributed by atoms with Gasteiger partial charge in [0, 0.05) is 26.2 Å². The van der Waals surface area contributed by atoms with Gasteiger partial charge in [0.05, 0.1) is 20.1 Å². The molecule has 0 radical (unpaired) electrons. The van der Waals surface area contributed by atoms with Crippen molar-refractivity contribution in [3.05, 3.63) is 71.8 Å². The van der Waals surface area contributed by atoms with Gasteiger partial charge in [-0.2, -0.15) is 0 Å². The van der Waals surface area contributed by atoms with Crippen LogP contribution in [0.25, 0.3) is 0 Å². The molecule has 192 valence electrons. The Hall–Kier alpha value is -3.14. The smallest absolute Gasteiger partial charge is 0.410 e. The van der Waals surface area contributed by atoms with Gasteiger partial charge in [0.15, 0.2) is 0 Å². The Morgan fingerprint density at radius 2 is 1.54 bits per heavy atom. The number of carboxylic acid groups (broad SMARTS) is 1. The summed E-state index contributed by atoms with van der Waals surface area (Å²) in [6, 6.07) is 18.3. The number of benzene rings is 2. The number of carbonyl (C=O) groups is 3. The molecule has 0 saturated heterocycles. The third kappa shape index (κ3) is 12.2. The van der Waals surface area contributed by atoms with Gasteiger partial charge < -0.3 is 29.5 Å². The molecule has 0 fully saturated rings. The molecule has 0 saturated carbocycles. The molecule has 35 heavy (non-hydrogen) atoms. The van der Waals surface area contributed by atoms with Gasteiger partial charge in [0.1, 0.15) is 12.6 Å². The summed E-state index contributed by atoms with van der Waals surface area (Å²) in [5, 5.41) is 12.1.